The minimum Gasteiger partial charge on any atom is -0.435 e. The predicted molar refractivity (Wildman–Crippen MR) is 78.2 cm³/mol. The third-order valence-corrected chi connectivity index (χ3v) is 3.67. The maximum absolute atomic E-state index is 12.5. The second kappa shape index (κ2) is 8.08. The van der Waals surface area contributed by atoms with Gasteiger partial charge >= 0.3 is 6.61 Å². The molecule has 4 nitrogen and oxygen atoms in total. The Balaban J connectivity index is 2.03. The maximum Gasteiger partial charge on any atom is 0.387 e. The van der Waals surface area contributed by atoms with Gasteiger partial charge < -0.3 is 14.4 Å². The van der Waals surface area contributed by atoms with Gasteiger partial charge in [0.15, 0.2) is 0 Å². The monoisotopic (exact) mass is 313 g/mol. The van der Waals surface area contributed by atoms with Crippen LogP contribution in [-0.4, -0.2) is 43.2 Å². The van der Waals surface area contributed by atoms with Crippen LogP contribution in [0.5, 0.6) is 5.75 Å². The number of benzene rings is 1. The summed E-state index contributed by atoms with van der Waals surface area (Å²) in [6.45, 7) is 0.783. The van der Waals surface area contributed by atoms with E-state index in [0.29, 0.717) is 18.7 Å². The largest absolute Gasteiger partial charge is 0.435 e. The zero-order valence-corrected chi connectivity index (χ0v) is 12.6. The van der Waals surface area contributed by atoms with Crippen molar-refractivity contribution >= 4 is 5.91 Å². The van der Waals surface area contributed by atoms with Crippen molar-refractivity contribution in [2.75, 3.05) is 19.7 Å². The van der Waals surface area contributed by atoms with Crippen LogP contribution in [0.1, 0.15) is 36.5 Å². The molecule has 1 atom stereocenters. The number of alkyl halides is 2. The molecule has 22 heavy (non-hydrogen) atoms. The Hall–Kier alpha value is -1.69. The molecule has 0 N–H and O–H groups in total. The number of nitrogens with zero attached hydrogens (tertiary/aromatic N) is 1. The van der Waals surface area contributed by atoms with Crippen molar-refractivity contribution in [2.45, 2.75) is 38.9 Å². The third-order valence-electron chi connectivity index (χ3n) is 3.67. The van der Waals surface area contributed by atoms with E-state index in [-0.39, 0.29) is 17.8 Å². The molecule has 0 radical (unpaired) electrons. The van der Waals surface area contributed by atoms with Crippen LogP contribution >= 0.6 is 0 Å². The average Bonchev–Trinajstić information content (AvgIpc) is 2.52. The molecule has 1 aromatic carbocycles. The number of hydrogen-bond acceptors (Lipinski definition) is 3. The van der Waals surface area contributed by atoms with Crippen LogP contribution in [0.4, 0.5) is 8.78 Å². The van der Waals surface area contributed by atoms with E-state index in [2.05, 4.69) is 4.74 Å². The van der Waals surface area contributed by atoms with Crippen molar-refractivity contribution in [3.8, 4) is 5.75 Å². The first-order chi connectivity index (χ1) is 10.6. The van der Waals surface area contributed by atoms with Gasteiger partial charge in [0.05, 0.1) is 6.10 Å². The smallest absolute Gasteiger partial charge is 0.387 e. The van der Waals surface area contributed by atoms with Crippen LogP contribution in [0.15, 0.2) is 24.3 Å². The molecule has 1 aliphatic rings. The molecule has 1 amide bonds. The summed E-state index contributed by atoms with van der Waals surface area (Å²) in [6, 6.07) is 5.89. The van der Waals surface area contributed by atoms with Gasteiger partial charge in [-0.3, -0.25) is 4.79 Å². The number of halogens is 2. The van der Waals surface area contributed by atoms with Gasteiger partial charge in [0.1, 0.15) is 5.75 Å². The van der Waals surface area contributed by atoms with Crippen LogP contribution in [-0.2, 0) is 4.74 Å². The minimum atomic E-state index is -2.90. The van der Waals surface area contributed by atoms with Crippen LogP contribution < -0.4 is 4.74 Å². The fourth-order valence-corrected chi connectivity index (χ4v) is 2.54. The highest BCUT2D eigenvalue weighted by Crippen LogP contribution is 2.19. The van der Waals surface area contributed by atoms with E-state index < -0.39 is 6.61 Å². The summed E-state index contributed by atoms with van der Waals surface area (Å²) in [4.78, 5) is 14.2. The van der Waals surface area contributed by atoms with Crippen LogP contribution in [0.25, 0.3) is 0 Å². The topological polar surface area (TPSA) is 38.8 Å². The minimum absolute atomic E-state index is 0.00850. The number of rotatable bonds is 6. The maximum atomic E-state index is 12.5. The van der Waals surface area contributed by atoms with Crippen molar-refractivity contribution in [3.05, 3.63) is 29.8 Å². The van der Waals surface area contributed by atoms with Gasteiger partial charge in [0.2, 0.25) is 0 Å². The Morgan fingerprint density at radius 2 is 2.27 bits per heavy atom. The summed E-state index contributed by atoms with van der Waals surface area (Å²) in [5.74, 6) is -0.206. The first-order valence-electron chi connectivity index (χ1n) is 7.56. The molecule has 0 unspecified atom stereocenters. The van der Waals surface area contributed by atoms with Crippen molar-refractivity contribution in [1.82, 2.24) is 4.90 Å². The highest BCUT2D eigenvalue weighted by molar-refractivity contribution is 5.94. The summed E-state index contributed by atoms with van der Waals surface area (Å²) in [5.41, 5.74) is 0.343. The fourth-order valence-electron chi connectivity index (χ4n) is 2.54. The number of carbonyl (C=O) groups excluding carboxylic acids is 1. The predicted octanol–water partition coefficient (Wildman–Crippen LogP) is 3.32. The van der Waals surface area contributed by atoms with Crippen molar-refractivity contribution in [3.63, 3.8) is 0 Å². The second-order valence-corrected chi connectivity index (χ2v) is 5.24. The molecule has 0 saturated carbocycles. The van der Waals surface area contributed by atoms with Gasteiger partial charge in [-0.2, -0.15) is 8.78 Å². The molecular formula is C16H21F2NO3. The van der Waals surface area contributed by atoms with Crippen molar-refractivity contribution in [1.29, 1.82) is 0 Å². The number of amides is 1. The molecule has 1 heterocycles. The SMILES string of the molecule is CCN(C[C@@H]1CCCCO1)C(=O)c1cccc(OC(F)F)c1. The number of carbonyl (C=O) groups is 1. The highest BCUT2D eigenvalue weighted by atomic mass is 19.3. The second-order valence-electron chi connectivity index (χ2n) is 5.24. The molecule has 0 spiro atoms. The normalized spacial score (nSPS) is 18.3. The van der Waals surface area contributed by atoms with Gasteiger partial charge in [-0.05, 0) is 44.4 Å². The number of likely N-dealkylation sites (N-methyl/N-ethyl adjacent to an activating group) is 1. The Bertz CT molecular complexity index is 490. The lowest BCUT2D eigenvalue weighted by molar-refractivity contribution is -0.0499. The quantitative estimate of drug-likeness (QED) is 0.809. The van der Waals surface area contributed by atoms with Crippen LogP contribution in [0.3, 0.4) is 0 Å². The van der Waals surface area contributed by atoms with Gasteiger partial charge in [0, 0.05) is 25.3 Å². The molecule has 2 rings (SSSR count). The Labute approximate surface area is 129 Å². The molecule has 0 aliphatic carbocycles. The highest BCUT2D eigenvalue weighted by Gasteiger charge is 2.21. The Morgan fingerprint density at radius 1 is 1.45 bits per heavy atom. The van der Waals surface area contributed by atoms with Crippen molar-refractivity contribution in [2.24, 2.45) is 0 Å². The number of hydrogen-bond donors (Lipinski definition) is 0. The summed E-state index contributed by atoms with van der Waals surface area (Å²) in [7, 11) is 0. The summed E-state index contributed by atoms with van der Waals surface area (Å²) >= 11 is 0. The molecule has 1 aliphatic heterocycles. The van der Waals surface area contributed by atoms with Gasteiger partial charge in [0.25, 0.3) is 5.91 Å². The van der Waals surface area contributed by atoms with Gasteiger partial charge in [-0.15, -0.1) is 0 Å². The average molecular weight is 313 g/mol. The fraction of sp³-hybridized carbons (Fsp3) is 0.562. The van der Waals surface area contributed by atoms with Crippen molar-refractivity contribution < 1.29 is 23.0 Å². The van der Waals surface area contributed by atoms with Gasteiger partial charge in [-0.1, -0.05) is 6.07 Å². The first kappa shape index (κ1) is 16.7. The molecule has 122 valence electrons. The van der Waals surface area contributed by atoms with E-state index >= 15 is 0 Å². The summed E-state index contributed by atoms with van der Waals surface area (Å²) in [5, 5.41) is 0. The molecule has 6 heteroatoms. The van der Waals surface area contributed by atoms with Gasteiger partial charge in [-0.25, -0.2) is 0 Å². The standard InChI is InChI=1S/C16H21F2NO3/c1-2-19(11-14-7-3-4-9-21-14)15(20)12-6-5-8-13(10-12)22-16(17)18/h5-6,8,10,14,16H,2-4,7,9,11H2,1H3/t14-/m0/s1. The summed E-state index contributed by atoms with van der Waals surface area (Å²) < 4.78 is 34.5. The zero-order chi connectivity index (χ0) is 15.9. The summed E-state index contributed by atoms with van der Waals surface area (Å²) in [6.07, 6.45) is 3.16. The Morgan fingerprint density at radius 3 is 2.91 bits per heavy atom. The molecule has 1 aromatic rings. The lowest BCUT2D eigenvalue weighted by Crippen LogP contribution is -2.39. The molecule has 1 saturated heterocycles. The van der Waals surface area contributed by atoms with E-state index in [4.69, 9.17) is 4.74 Å². The lowest BCUT2D eigenvalue weighted by Gasteiger charge is -2.29. The van der Waals surface area contributed by atoms with E-state index in [1.54, 1.807) is 11.0 Å². The van der Waals surface area contributed by atoms with E-state index in [9.17, 15) is 13.6 Å². The van der Waals surface area contributed by atoms with E-state index in [1.165, 1.54) is 18.2 Å². The lowest BCUT2D eigenvalue weighted by atomic mass is 10.1. The first-order valence-corrected chi connectivity index (χ1v) is 7.56. The van der Waals surface area contributed by atoms with Crippen LogP contribution in [0.2, 0.25) is 0 Å². The molecule has 1 fully saturated rings. The molecule has 0 aromatic heterocycles. The van der Waals surface area contributed by atoms with E-state index in [0.717, 1.165) is 25.9 Å². The third kappa shape index (κ3) is 4.66. The Kier molecular flexibility index (Phi) is 6.12. The van der Waals surface area contributed by atoms with Crippen LogP contribution in [0, 0.1) is 0 Å². The molecule has 0 bridgehead atoms. The molecular weight excluding hydrogens is 292 g/mol. The number of ether oxygens (including phenoxy) is 2. The van der Waals surface area contributed by atoms with E-state index in [1.807, 2.05) is 6.92 Å². The zero-order valence-electron chi connectivity index (χ0n) is 12.6.